The zero-order valence-corrected chi connectivity index (χ0v) is 10.1. The number of amides is 1. The fourth-order valence-electron chi connectivity index (χ4n) is 2.59. The highest BCUT2D eigenvalue weighted by molar-refractivity contribution is 6.33. The van der Waals surface area contributed by atoms with Crippen molar-refractivity contribution in [1.82, 2.24) is 4.90 Å². The maximum atomic E-state index is 13.1. The van der Waals surface area contributed by atoms with E-state index >= 15 is 0 Å². The van der Waals surface area contributed by atoms with Gasteiger partial charge in [-0.25, -0.2) is 8.78 Å². The largest absolute Gasteiger partial charge is 0.338 e. The van der Waals surface area contributed by atoms with Gasteiger partial charge in [-0.05, 0) is 24.0 Å². The smallest absolute Gasteiger partial charge is 0.255 e. The molecule has 3 rings (SSSR count). The minimum absolute atomic E-state index is 0.00504. The number of nitrogens with zero attached hydrogens (tertiary/aromatic N) is 1. The Morgan fingerprint density at radius 2 is 1.83 bits per heavy atom. The van der Waals surface area contributed by atoms with Gasteiger partial charge in [0.25, 0.3) is 5.91 Å². The van der Waals surface area contributed by atoms with Crippen molar-refractivity contribution in [3.05, 3.63) is 34.4 Å². The average molecular weight is 273 g/mol. The third-order valence-corrected chi connectivity index (χ3v) is 4.10. The summed E-state index contributed by atoms with van der Waals surface area (Å²) in [4.78, 5) is 13.7. The van der Waals surface area contributed by atoms with Crippen LogP contribution in [0.5, 0.6) is 0 Å². The Morgan fingerprint density at radius 1 is 1.28 bits per heavy atom. The molecule has 1 saturated heterocycles. The number of carbonyl (C=O) groups excluding carboxylic acids is 1. The Labute approximate surface area is 108 Å². The summed E-state index contributed by atoms with van der Waals surface area (Å²) in [5, 5.41) is -0.0660. The third kappa shape index (κ3) is 1.69. The first kappa shape index (κ1) is 11.9. The van der Waals surface area contributed by atoms with Crippen molar-refractivity contribution in [1.29, 1.82) is 0 Å². The van der Waals surface area contributed by atoms with E-state index in [4.69, 9.17) is 17.3 Å². The van der Waals surface area contributed by atoms with Crippen LogP contribution in [0.3, 0.4) is 0 Å². The second-order valence-electron chi connectivity index (χ2n) is 4.86. The summed E-state index contributed by atoms with van der Waals surface area (Å²) in [7, 11) is 0. The van der Waals surface area contributed by atoms with Crippen molar-refractivity contribution in [2.24, 2.45) is 17.6 Å². The molecule has 1 aromatic rings. The van der Waals surface area contributed by atoms with Crippen LogP contribution in [0.15, 0.2) is 12.1 Å². The molecule has 2 aliphatic rings. The molecule has 1 amide bonds. The van der Waals surface area contributed by atoms with Gasteiger partial charge in [0.15, 0.2) is 11.6 Å². The van der Waals surface area contributed by atoms with Crippen LogP contribution in [0.4, 0.5) is 8.78 Å². The summed E-state index contributed by atoms with van der Waals surface area (Å²) in [5.41, 5.74) is 5.78. The number of benzene rings is 1. The number of hydrogen-bond donors (Lipinski definition) is 1. The van der Waals surface area contributed by atoms with Crippen molar-refractivity contribution in [3.8, 4) is 0 Å². The van der Waals surface area contributed by atoms with Crippen LogP contribution in [0.25, 0.3) is 0 Å². The van der Waals surface area contributed by atoms with Crippen LogP contribution < -0.4 is 5.73 Å². The van der Waals surface area contributed by atoms with Crippen LogP contribution >= 0.6 is 11.6 Å². The van der Waals surface area contributed by atoms with E-state index in [0.29, 0.717) is 24.9 Å². The third-order valence-electron chi connectivity index (χ3n) is 3.79. The van der Waals surface area contributed by atoms with Crippen molar-refractivity contribution in [2.45, 2.75) is 6.04 Å². The predicted octanol–water partition coefficient (Wildman–Crippen LogP) is 1.65. The monoisotopic (exact) mass is 272 g/mol. The molecule has 3 nitrogen and oxygen atoms in total. The number of carbonyl (C=O) groups is 1. The second kappa shape index (κ2) is 3.90. The van der Waals surface area contributed by atoms with E-state index < -0.39 is 11.6 Å². The summed E-state index contributed by atoms with van der Waals surface area (Å²) in [6.07, 6.45) is 0. The maximum absolute atomic E-state index is 13.1. The van der Waals surface area contributed by atoms with Crippen LogP contribution in [0, 0.1) is 23.5 Å². The Bertz CT molecular complexity index is 525. The number of fused-ring (bicyclic) bond motifs is 1. The molecular weight excluding hydrogens is 262 g/mol. The molecule has 1 saturated carbocycles. The fourth-order valence-corrected chi connectivity index (χ4v) is 2.83. The quantitative estimate of drug-likeness (QED) is 0.790. The molecular formula is C12H11ClF2N2O. The summed E-state index contributed by atoms with van der Waals surface area (Å²) in [5.74, 6) is -1.79. The van der Waals surface area contributed by atoms with Crippen LogP contribution in [0.2, 0.25) is 5.02 Å². The summed E-state index contributed by atoms with van der Waals surface area (Å²) >= 11 is 5.77. The molecule has 96 valence electrons. The van der Waals surface area contributed by atoms with Gasteiger partial charge in [0.05, 0.1) is 10.6 Å². The lowest BCUT2D eigenvalue weighted by molar-refractivity contribution is 0.0773. The maximum Gasteiger partial charge on any atom is 0.255 e. The molecule has 1 heterocycles. The number of halogens is 3. The minimum atomic E-state index is -1.07. The first-order chi connectivity index (χ1) is 8.49. The summed E-state index contributed by atoms with van der Waals surface area (Å²) in [6.45, 7) is 1.14. The highest BCUT2D eigenvalue weighted by atomic mass is 35.5. The average Bonchev–Trinajstić information content (AvgIpc) is 2.79. The standard InChI is InChI=1S/C12H11ClF2N2O/c13-8-2-10(15)9(14)1-5(8)12(18)17-3-6-7(4-17)11(6)16/h1-2,6-7,11H,3-4,16H2. The van der Waals surface area contributed by atoms with E-state index in [1.165, 1.54) is 0 Å². The highest BCUT2D eigenvalue weighted by Crippen LogP contribution is 2.44. The normalized spacial score (nSPS) is 29.3. The van der Waals surface area contributed by atoms with E-state index in [1.807, 2.05) is 0 Å². The van der Waals surface area contributed by atoms with Crippen molar-refractivity contribution >= 4 is 17.5 Å². The Morgan fingerprint density at radius 3 is 2.44 bits per heavy atom. The molecule has 18 heavy (non-hydrogen) atoms. The Balaban J connectivity index is 1.83. The number of hydrogen-bond acceptors (Lipinski definition) is 2. The van der Waals surface area contributed by atoms with Gasteiger partial charge in [-0.1, -0.05) is 11.6 Å². The van der Waals surface area contributed by atoms with E-state index in [-0.39, 0.29) is 22.5 Å². The van der Waals surface area contributed by atoms with Gasteiger partial charge in [-0.3, -0.25) is 4.79 Å². The van der Waals surface area contributed by atoms with E-state index in [2.05, 4.69) is 0 Å². The molecule has 1 aliphatic carbocycles. The van der Waals surface area contributed by atoms with E-state index in [1.54, 1.807) is 4.90 Å². The molecule has 2 unspecified atom stereocenters. The summed E-state index contributed by atoms with van der Waals surface area (Å²) in [6, 6.07) is 1.85. The molecule has 2 N–H and O–H groups in total. The first-order valence-electron chi connectivity index (χ1n) is 5.68. The summed E-state index contributed by atoms with van der Waals surface area (Å²) < 4.78 is 26.0. The fraction of sp³-hybridized carbons (Fsp3) is 0.417. The van der Waals surface area contributed by atoms with Gasteiger partial charge in [0.1, 0.15) is 0 Å². The molecule has 0 aromatic heterocycles. The molecule has 2 atom stereocenters. The van der Waals surface area contributed by atoms with Crippen LogP contribution in [-0.2, 0) is 0 Å². The topological polar surface area (TPSA) is 46.3 Å². The lowest BCUT2D eigenvalue weighted by Gasteiger charge is -2.19. The van der Waals surface area contributed by atoms with Gasteiger partial charge >= 0.3 is 0 Å². The van der Waals surface area contributed by atoms with Crippen LogP contribution in [0.1, 0.15) is 10.4 Å². The van der Waals surface area contributed by atoms with Crippen LogP contribution in [-0.4, -0.2) is 29.9 Å². The molecule has 0 bridgehead atoms. The first-order valence-corrected chi connectivity index (χ1v) is 6.06. The molecule has 2 fully saturated rings. The SMILES string of the molecule is NC1C2CN(C(=O)c3cc(F)c(F)cc3Cl)CC12. The zero-order valence-electron chi connectivity index (χ0n) is 9.37. The van der Waals surface area contributed by atoms with Gasteiger partial charge in [-0.2, -0.15) is 0 Å². The van der Waals surface area contributed by atoms with Crippen molar-refractivity contribution in [3.63, 3.8) is 0 Å². The lowest BCUT2D eigenvalue weighted by atomic mass is 10.2. The number of rotatable bonds is 1. The highest BCUT2D eigenvalue weighted by Gasteiger charge is 2.54. The van der Waals surface area contributed by atoms with E-state index in [0.717, 1.165) is 12.1 Å². The molecule has 6 heteroatoms. The molecule has 1 aromatic carbocycles. The second-order valence-corrected chi connectivity index (χ2v) is 5.27. The minimum Gasteiger partial charge on any atom is -0.338 e. The molecule has 0 spiro atoms. The Kier molecular flexibility index (Phi) is 2.57. The number of nitrogens with two attached hydrogens (primary N) is 1. The van der Waals surface area contributed by atoms with Gasteiger partial charge in [0.2, 0.25) is 0 Å². The van der Waals surface area contributed by atoms with Crippen molar-refractivity contribution < 1.29 is 13.6 Å². The zero-order chi connectivity index (χ0) is 13.0. The Hall–Kier alpha value is -1.20. The van der Waals surface area contributed by atoms with Gasteiger partial charge < -0.3 is 10.6 Å². The predicted molar refractivity (Wildman–Crippen MR) is 62.2 cm³/mol. The molecule has 0 radical (unpaired) electrons. The van der Waals surface area contributed by atoms with Crippen molar-refractivity contribution in [2.75, 3.05) is 13.1 Å². The molecule has 1 aliphatic heterocycles. The number of likely N-dealkylation sites (tertiary alicyclic amines) is 1. The van der Waals surface area contributed by atoms with E-state index in [9.17, 15) is 13.6 Å². The van der Waals surface area contributed by atoms with Gasteiger partial charge in [0, 0.05) is 19.1 Å². The lowest BCUT2D eigenvalue weighted by Crippen LogP contribution is -2.34. The number of piperidine rings is 1. The van der Waals surface area contributed by atoms with Gasteiger partial charge in [-0.15, -0.1) is 0 Å².